The van der Waals surface area contributed by atoms with E-state index in [-0.39, 0.29) is 0 Å². The van der Waals surface area contributed by atoms with Crippen molar-refractivity contribution in [3.8, 4) is 45.0 Å². The van der Waals surface area contributed by atoms with Gasteiger partial charge < -0.3 is 4.57 Å². The van der Waals surface area contributed by atoms with Gasteiger partial charge in [-0.15, -0.1) is 0 Å². The van der Waals surface area contributed by atoms with Crippen LogP contribution < -0.4 is 0 Å². The third-order valence-corrected chi connectivity index (χ3v) is 10.2. The van der Waals surface area contributed by atoms with Gasteiger partial charge in [-0.25, -0.2) is 4.98 Å². The fourth-order valence-electron chi connectivity index (χ4n) is 8.02. The van der Waals surface area contributed by atoms with Crippen LogP contribution in [0.4, 0.5) is 0 Å². The van der Waals surface area contributed by atoms with Crippen molar-refractivity contribution in [3.05, 3.63) is 181 Å². The Morgan fingerprint density at radius 2 is 1.16 bits per heavy atom. The van der Waals surface area contributed by atoms with Crippen LogP contribution in [0.2, 0.25) is 0 Å². The molecule has 0 atom stereocenters. The average Bonchev–Trinajstić information content (AvgIpc) is 3.72. The fraction of sp³-hybridized carbons (Fsp3) is 0.0426. The molecule has 0 spiro atoms. The molecule has 1 aliphatic carbocycles. The molecule has 1 aliphatic rings. The minimum Gasteiger partial charge on any atom is -0.309 e. The van der Waals surface area contributed by atoms with Crippen LogP contribution in [0.5, 0.6) is 0 Å². The zero-order valence-electron chi connectivity index (χ0n) is 27.5. The minimum absolute atomic E-state index is 0.903. The van der Waals surface area contributed by atoms with E-state index in [4.69, 9.17) is 4.98 Å². The van der Waals surface area contributed by atoms with Crippen LogP contribution >= 0.6 is 0 Å². The zero-order valence-corrected chi connectivity index (χ0v) is 27.5. The lowest BCUT2D eigenvalue weighted by molar-refractivity contribution is 0.968. The monoisotopic (exact) mass is 639 g/mol. The van der Waals surface area contributed by atoms with Crippen LogP contribution in [0.15, 0.2) is 170 Å². The molecule has 3 aromatic heterocycles. The summed E-state index contributed by atoms with van der Waals surface area (Å²) in [6.45, 7) is 0. The Bertz CT molecular complexity index is 2670. The molecule has 0 amide bonds. The molecule has 0 N–H and O–H groups in total. The van der Waals surface area contributed by atoms with E-state index in [9.17, 15) is 0 Å². The summed E-state index contributed by atoms with van der Waals surface area (Å²) >= 11 is 0. The first kappa shape index (κ1) is 28.6. The van der Waals surface area contributed by atoms with Crippen molar-refractivity contribution in [2.45, 2.75) is 12.8 Å². The standard InChI is InChI=1S/C47H33N3/c1-4-16-32(17-5-1)34-30-41(33-18-6-2-7-19-33)48-45(31-34)50-43-28-13-11-23-40(43)46-37(24-15-29-44(46)50)39-26-14-25-38-36-22-10-12-27-42(36)49(47(38)39)35-20-8-3-9-21-35/h1-9,11-21,23-31H,10,22H2. The topological polar surface area (TPSA) is 22.8 Å². The van der Waals surface area contributed by atoms with Crippen LogP contribution in [0, 0.1) is 0 Å². The Balaban J connectivity index is 1.28. The van der Waals surface area contributed by atoms with Crippen molar-refractivity contribution in [2.24, 2.45) is 0 Å². The van der Waals surface area contributed by atoms with Crippen LogP contribution in [0.3, 0.4) is 0 Å². The molecule has 0 unspecified atom stereocenters. The maximum Gasteiger partial charge on any atom is 0.138 e. The van der Waals surface area contributed by atoms with Crippen LogP contribution in [-0.2, 0) is 6.42 Å². The minimum atomic E-state index is 0.903. The van der Waals surface area contributed by atoms with Gasteiger partial charge in [0.1, 0.15) is 5.82 Å². The third-order valence-electron chi connectivity index (χ3n) is 10.2. The number of pyridine rings is 1. The van der Waals surface area contributed by atoms with Crippen LogP contribution in [-0.4, -0.2) is 14.1 Å². The average molecular weight is 640 g/mol. The second-order valence-corrected chi connectivity index (χ2v) is 13.1. The molecule has 0 saturated carbocycles. The fourth-order valence-corrected chi connectivity index (χ4v) is 8.02. The second-order valence-electron chi connectivity index (χ2n) is 13.1. The molecule has 10 rings (SSSR count). The van der Waals surface area contributed by atoms with Gasteiger partial charge >= 0.3 is 0 Å². The van der Waals surface area contributed by atoms with Crippen LogP contribution in [0.25, 0.3) is 83.8 Å². The first-order valence-corrected chi connectivity index (χ1v) is 17.4. The summed E-state index contributed by atoms with van der Waals surface area (Å²) < 4.78 is 4.84. The highest BCUT2D eigenvalue weighted by Gasteiger charge is 2.24. The predicted octanol–water partition coefficient (Wildman–Crippen LogP) is 12.1. The Kier molecular flexibility index (Phi) is 6.63. The summed E-state index contributed by atoms with van der Waals surface area (Å²) in [5, 5.41) is 3.78. The maximum atomic E-state index is 5.37. The van der Waals surface area contributed by atoms with E-state index in [2.05, 4.69) is 185 Å². The van der Waals surface area contributed by atoms with Gasteiger partial charge in [-0.1, -0.05) is 133 Å². The Morgan fingerprint density at radius 3 is 1.98 bits per heavy atom. The molecule has 3 heteroatoms. The molecular formula is C47H33N3. The van der Waals surface area contributed by atoms with Gasteiger partial charge in [0.05, 0.1) is 22.2 Å². The maximum absolute atomic E-state index is 5.37. The summed E-state index contributed by atoms with van der Waals surface area (Å²) in [5.74, 6) is 0.903. The van der Waals surface area contributed by atoms with E-state index in [1.54, 1.807) is 0 Å². The number of para-hydroxylation sites is 3. The third kappa shape index (κ3) is 4.48. The number of aromatic nitrogens is 3. The van der Waals surface area contributed by atoms with E-state index in [0.29, 0.717) is 0 Å². The number of nitrogens with zero attached hydrogens (tertiary/aromatic N) is 3. The zero-order chi connectivity index (χ0) is 33.0. The predicted molar refractivity (Wildman–Crippen MR) is 209 cm³/mol. The molecule has 3 nitrogen and oxygen atoms in total. The molecule has 50 heavy (non-hydrogen) atoms. The Hall–Kier alpha value is -6.45. The molecule has 0 fully saturated rings. The second kappa shape index (κ2) is 11.6. The largest absolute Gasteiger partial charge is 0.309 e. The van der Waals surface area contributed by atoms with Gasteiger partial charge in [0.25, 0.3) is 0 Å². The number of rotatable bonds is 5. The van der Waals surface area contributed by atoms with E-state index in [1.807, 2.05) is 0 Å². The van der Waals surface area contributed by atoms with E-state index in [0.717, 1.165) is 46.5 Å². The van der Waals surface area contributed by atoms with Crippen molar-refractivity contribution in [2.75, 3.05) is 0 Å². The van der Waals surface area contributed by atoms with Crippen molar-refractivity contribution >= 4 is 38.8 Å². The summed E-state index contributed by atoms with van der Waals surface area (Å²) in [4.78, 5) is 5.37. The summed E-state index contributed by atoms with van der Waals surface area (Å²) in [6, 6.07) is 58.8. The van der Waals surface area contributed by atoms with E-state index in [1.165, 1.54) is 55.3 Å². The lowest BCUT2D eigenvalue weighted by Gasteiger charge is -2.15. The first-order valence-electron chi connectivity index (χ1n) is 17.4. The molecule has 0 bridgehead atoms. The van der Waals surface area contributed by atoms with Gasteiger partial charge in [0.2, 0.25) is 0 Å². The SMILES string of the molecule is C1=Cc2c(c3cccc(-c4cccc5c4c4ccccc4n5-c4cc(-c5ccccc5)cc(-c5ccccc5)n4)c3n2-c2ccccc2)CC1. The number of hydrogen-bond donors (Lipinski definition) is 0. The van der Waals surface area contributed by atoms with Crippen molar-refractivity contribution in [3.63, 3.8) is 0 Å². The first-order chi connectivity index (χ1) is 24.8. The summed E-state index contributed by atoms with van der Waals surface area (Å²) in [5.41, 5.74) is 14.2. The van der Waals surface area contributed by atoms with Gasteiger partial charge in [-0.3, -0.25) is 4.57 Å². The molecule has 3 heterocycles. The normalized spacial score (nSPS) is 12.6. The summed E-state index contributed by atoms with van der Waals surface area (Å²) in [7, 11) is 0. The molecule has 6 aromatic carbocycles. The highest BCUT2D eigenvalue weighted by atomic mass is 15.1. The van der Waals surface area contributed by atoms with Gasteiger partial charge in [0, 0.05) is 38.7 Å². The van der Waals surface area contributed by atoms with Crippen LogP contribution in [0.1, 0.15) is 17.7 Å². The van der Waals surface area contributed by atoms with Gasteiger partial charge in [0.15, 0.2) is 0 Å². The van der Waals surface area contributed by atoms with Gasteiger partial charge in [-0.2, -0.15) is 0 Å². The molecule has 0 radical (unpaired) electrons. The van der Waals surface area contributed by atoms with E-state index >= 15 is 0 Å². The molecule has 0 aliphatic heterocycles. The van der Waals surface area contributed by atoms with Crippen molar-refractivity contribution in [1.82, 2.24) is 14.1 Å². The molecule has 0 saturated heterocycles. The molecular weight excluding hydrogens is 607 g/mol. The summed E-state index contributed by atoms with van der Waals surface area (Å²) in [6.07, 6.45) is 6.74. The number of aryl methyl sites for hydroxylation is 1. The van der Waals surface area contributed by atoms with E-state index < -0.39 is 0 Å². The Morgan fingerprint density at radius 1 is 0.500 bits per heavy atom. The highest BCUT2D eigenvalue weighted by Crippen LogP contribution is 2.44. The number of allylic oxidation sites excluding steroid dienone is 1. The number of benzene rings is 6. The van der Waals surface area contributed by atoms with Crippen molar-refractivity contribution < 1.29 is 0 Å². The Labute approximate surface area is 291 Å². The highest BCUT2D eigenvalue weighted by molar-refractivity contribution is 6.18. The molecule has 9 aromatic rings. The quantitative estimate of drug-likeness (QED) is 0.184. The smallest absolute Gasteiger partial charge is 0.138 e. The number of fused-ring (bicyclic) bond motifs is 6. The number of hydrogen-bond acceptors (Lipinski definition) is 1. The lowest BCUT2D eigenvalue weighted by atomic mass is 9.95. The lowest BCUT2D eigenvalue weighted by Crippen LogP contribution is -2.01. The molecule has 236 valence electrons. The van der Waals surface area contributed by atoms with Crippen molar-refractivity contribution in [1.29, 1.82) is 0 Å². The van der Waals surface area contributed by atoms with Gasteiger partial charge in [-0.05, 0) is 77.6 Å².